The Balaban J connectivity index is 2.35. The zero-order valence-corrected chi connectivity index (χ0v) is 9.80. The summed E-state index contributed by atoms with van der Waals surface area (Å²) >= 11 is 0. The summed E-state index contributed by atoms with van der Waals surface area (Å²) in [6.07, 6.45) is 2.20. The number of piperidine rings is 1. The summed E-state index contributed by atoms with van der Waals surface area (Å²) in [5, 5.41) is 11.0. The number of anilines is 2. The molecule has 1 aromatic rings. The highest BCUT2D eigenvalue weighted by Gasteiger charge is 2.25. The second kappa shape index (κ2) is 4.57. The van der Waals surface area contributed by atoms with Gasteiger partial charge in [-0.1, -0.05) is 6.92 Å². The highest BCUT2D eigenvalue weighted by atomic mass is 16.6. The van der Waals surface area contributed by atoms with Gasteiger partial charge in [0.25, 0.3) is 0 Å². The van der Waals surface area contributed by atoms with Gasteiger partial charge in [-0.15, -0.1) is 0 Å². The van der Waals surface area contributed by atoms with E-state index in [-0.39, 0.29) is 5.69 Å². The number of nitro groups is 1. The number of nitrogens with two attached hydrogens (primary N) is 1. The Kier molecular flexibility index (Phi) is 3.12. The molecular weight excluding hydrogens is 220 g/mol. The maximum Gasteiger partial charge on any atom is 0.311 e. The lowest BCUT2D eigenvalue weighted by Gasteiger charge is -2.31. The summed E-state index contributed by atoms with van der Waals surface area (Å²) in [6.45, 7) is 3.75. The minimum atomic E-state index is -0.402. The van der Waals surface area contributed by atoms with Crippen LogP contribution in [-0.4, -0.2) is 23.0 Å². The van der Waals surface area contributed by atoms with Crippen molar-refractivity contribution in [1.29, 1.82) is 0 Å². The summed E-state index contributed by atoms with van der Waals surface area (Å²) in [5.74, 6) is 1.26. The molecule has 0 amide bonds. The molecule has 1 saturated heterocycles. The van der Waals surface area contributed by atoms with Gasteiger partial charge in [0.1, 0.15) is 5.82 Å². The van der Waals surface area contributed by atoms with E-state index >= 15 is 0 Å². The summed E-state index contributed by atoms with van der Waals surface area (Å²) in [6, 6.07) is 2.89. The predicted octanol–water partition coefficient (Wildman–Crippen LogP) is 1.81. The smallest absolute Gasteiger partial charge is 0.311 e. The minimum absolute atomic E-state index is 0.0355. The quantitative estimate of drug-likeness (QED) is 0.625. The molecule has 0 bridgehead atoms. The van der Waals surface area contributed by atoms with Crippen LogP contribution < -0.4 is 10.6 Å². The van der Waals surface area contributed by atoms with E-state index in [1.807, 2.05) is 4.90 Å². The molecule has 0 aliphatic carbocycles. The molecule has 1 aliphatic heterocycles. The topological polar surface area (TPSA) is 85.3 Å². The summed E-state index contributed by atoms with van der Waals surface area (Å²) < 4.78 is 0. The van der Waals surface area contributed by atoms with Crippen molar-refractivity contribution in [3.05, 3.63) is 22.2 Å². The number of rotatable bonds is 2. The Morgan fingerprint density at radius 1 is 1.59 bits per heavy atom. The molecule has 0 spiro atoms. The predicted molar refractivity (Wildman–Crippen MR) is 65.9 cm³/mol. The summed E-state index contributed by atoms with van der Waals surface area (Å²) in [7, 11) is 0. The molecule has 92 valence electrons. The van der Waals surface area contributed by atoms with Crippen molar-refractivity contribution in [1.82, 2.24) is 4.98 Å². The van der Waals surface area contributed by atoms with Crippen LogP contribution in [0.15, 0.2) is 12.1 Å². The molecule has 2 heterocycles. The number of hydrogen-bond acceptors (Lipinski definition) is 5. The molecule has 17 heavy (non-hydrogen) atoms. The van der Waals surface area contributed by atoms with E-state index in [4.69, 9.17) is 5.73 Å². The Labute approximate surface area is 99.6 Å². The van der Waals surface area contributed by atoms with Gasteiger partial charge in [-0.05, 0) is 24.8 Å². The fourth-order valence-corrected chi connectivity index (χ4v) is 2.21. The van der Waals surface area contributed by atoms with E-state index < -0.39 is 4.92 Å². The van der Waals surface area contributed by atoms with Crippen molar-refractivity contribution in [2.75, 3.05) is 23.7 Å². The first-order valence-corrected chi connectivity index (χ1v) is 5.74. The van der Waals surface area contributed by atoms with Crippen LogP contribution in [0.5, 0.6) is 0 Å². The van der Waals surface area contributed by atoms with Crippen LogP contribution in [0.4, 0.5) is 17.3 Å². The van der Waals surface area contributed by atoms with Crippen LogP contribution in [-0.2, 0) is 0 Å². The Bertz CT molecular complexity index is 435. The number of nitrogens with zero attached hydrogens (tertiary/aromatic N) is 3. The lowest BCUT2D eigenvalue weighted by atomic mass is 10.0. The molecule has 1 atom stereocenters. The molecule has 6 nitrogen and oxygen atoms in total. The molecule has 2 rings (SSSR count). The Hall–Kier alpha value is -1.85. The van der Waals surface area contributed by atoms with Crippen molar-refractivity contribution < 1.29 is 4.92 Å². The van der Waals surface area contributed by atoms with E-state index in [0.717, 1.165) is 25.9 Å². The van der Waals surface area contributed by atoms with Crippen molar-refractivity contribution >= 4 is 17.3 Å². The third-order valence-corrected chi connectivity index (χ3v) is 3.03. The first-order chi connectivity index (χ1) is 8.08. The zero-order chi connectivity index (χ0) is 12.4. The first-order valence-electron chi connectivity index (χ1n) is 5.74. The van der Waals surface area contributed by atoms with Gasteiger partial charge in [-0.25, -0.2) is 4.98 Å². The normalized spacial score (nSPS) is 20.3. The van der Waals surface area contributed by atoms with E-state index in [0.29, 0.717) is 17.6 Å². The monoisotopic (exact) mass is 236 g/mol. The van der Waals surface area contributed by atoms with Crippen LogP contribution in [0.3, 0.4) is 0 Å². The molecule has 1 fully saturated rings. The van der Waals surface area contributed by atoms with Crippen LogP contribution in [0.2, 0.25) is 0 Å². The van der Waals surface area contributed by atoms with Gasteiger partial charge >= 0.3 is 5.69 Å². The molecule has 1 unspecified atom stereocenters. The molecule has 2 N–H and O–H groups in total. The molecule has 0 radical (unpaired) electrons. The van der Waals surface area contributed by atoms with Gasteiger partial charge in [0.05, 0.1) is 4.92 Å². The van der Waals surface area contributed by atoms with Crippen molar-refractivity contribution in [2.45, 2.75) is 19.8 Å². The van der Waals surface area contributed by atoms with E-state index in [1.54, 1.807) is 0 Å². The van der Waals surface area contributed by atoms with Crippen LogP contribution in [0.1, 0.15) is 19.8 Å². The number of pyridine rings is 1. The lowest BCUT2D eigenvalue weighted by molar-refractivity contribution is -0.384. The first kappa shape index (κ1) is 11.6. The maximum absolute atomic E-state index is 11.0. The largest absolute Gasteiger partial charge is 0.384 e. The molecule has 1 aromatic heterocycles. The molecule has 0 aromatic carbocycles. The van der Waals surface area contributed by atoms with Crippen molar-refractivity contribution in [2.24, 2.45) is 5.92 Å². The Morgan fingerprint density at radius 2 is 2.35 bits per heavy atom. The zero-order valence-electron chi connectivity index (χ0n) is 9.80. The second-order valence-corrected chi connectivity index (χ2v) is 4.53. The Morgan fingerprint density at radius 3 is 3.00 bits per heavy atom. The second-order valence-electron chi connectivity index (χ2n) is 4.53. The fourth-order valence-electron chi connectivity index (χ4n) is 2.21. The molecule has 6 heteroatoms. The summed E-state index contributed by atoms with van der Waals surface area (Å²) in [5.41, 5.74) is 5.64. The van der Waals surface area contributed by atoms with Gasteiger partial charge in [0.2, 0.25) is 5.82 Å². The van der Waals surface area contributed by atoms with Crippen LogP contribution in [0, 0.1) is 16.0 Å². The summed E-state index contributed by atoms with van der Waals surface area (Å²) in [4.78, 5) is 16.6. The molecular formula is C11H16N4O2. The number of nitrogen functional groups attached to an aromatic ring is 1. The average Bonchev–Trinajstić information content (AvgIpc) is 2.28. The van der Waals surface area contributed by atoms with E-state index in [9.17, 15) is 10.1 Å². The molecule has 1 aliphatic rings. The van der Waals surface area contributed by atoms with E-state index in [1.165, 1.54) is 12.1 Å². The van der Waals surface area contributed by atoms with Crippen molar-refractivity contribution in [3.8, 4) is 0 Å². The van der Waals surface area contributed by atoms with Crippen LogP contribution in [0.25, 0.3) is 0 Å². The van der Waals surface area contributed by atoms with Gasteiger partial charge in [0.15, 0.2) is 0 Å². The maximum atomic E-state index is 11.0. The third kappa shape index (κ3) is 2.46. The highest BCUT2D eigenvalue weighted by Crippen LogP contribution is 2.30. The number of aromatic nitrogens is 1. The lowest BCUT2D eigenvalue weighted by Crippen LogP contribution is -2.35. The van der Waals surface area contributed by atoms with Gasteiger partial charge in [0, 0.05) is 19.2 Å². The molecule has 0 saturated carbocycles. The average molecular weight is 236 g/mol. The van der Waals surface area contributed by atoms with Crippen molar-refractivity contribution in [3.63, 3.8) is 0 Å². The van der Waals surface area contributed by atoms with E-state index in [2.05, 4.69) is 11.9 Å². The fraction of sp³-hybridized carbons (Fsp3) is 0.545. The highest BCUT2D eigenvalue weighted by molar-refractivity contribution is 5.61. The standard InChI is InChI=1S/C11H16N4O2/c1-8-3-2-6-14(7-8)11-9(15(16)17)4-5-10(12)13-11/h4-5,8H,2-3,6-7H2,1H3,(H2,12,13). The third-order valence-electron chi connectivity index (χ3n) is 3.03. The van der Waals surface area contributed by atoms with Gasteiger partial charge in [-0.2, -0.15) is 0 Å². The van der Waals surface area contributed by atoms with Gasteiger partial charge < -0.3 is 10.6 Å². The minimum Gasteiger partial charge on any atom is -0.384 e. The van der Waals surface area contributed by atoms with Crippen LogP contribution >= 0.6 is 0 Å². The van der Waals surface area contributed by atoms with Gasteiger partial charge in [-0.3, -0.25) is 10.1 Å². The SMILES string of the molecule is CC1CCCN(c2nc(N)ccc2[N+](=O)[O-])C1. The number of hydrogen-bond donors (Lipinski definition) is 1.